The highest BCUT2D eigenvalue weighted by molar-refractivity contribution is 6.01. The fraction of sp³-hybridized carbons (Fsp3) is 0.346. The van der Waals surface area contributed by atoms with Crippen molar-refractivity contribution < 1.29 is 22.8 Å². The summed E-state index contributed by atoms with van der Waals surface area (Å²) in [6.45, 7) is 0. The van der Waals surface area contributed by atoms with Crippen LogP contribution in [0.15, 0.2) is 53.3 Å². The number of halogens is 2. The zero-order valence-corrected chi connectivity index (χ0v) is 19.6. The van der Waals surface area contributed by atoms with E-state index in [1.165, 1.54) is 6.33 Å². The Kier molecular flexibility index (Phi) is 5.05. The summed E-state index contributed by atoms with van der Waals surface area (Å²) in [7, 11) is 0. The van der Waals surface area contributed by atoms with Crippen LogP contribution in [0.5, 0.6) is 0 Å². The first kappa shape index (κ1) is 23.1. The zero-order chi connectivity index (χ0) is 25.8. The van der Waals surface area contributed by atoms with Crippen molar-refractivity contribution in [3.05, 3.63) is 54.7 Å². The van der Waals surface area contributed by atoms with E-state index in [-0.39, 0.29) is 18.6 Å². The fourth-order valence-corrected chi connectivity index (χ4v) is 4.77. The van der Waals surface area contributed by atoms with E-state index in [1.54, 1.807) is 22.8 Å². The van der Waals surface area contributed by atoms with Gasteiger partial charge in [0.15, 0.2) is 11.4 Å². The number of nitrogens with zero attached hydrogens (tertiary/aromatic N) is 4. The number of furan rings is 1. The topological polar surface area (TPSA) is 125 Å². The number of hydrogen-bond acceptors (Lipinski definition) is 6. The SMILES string of the molecule is N#CC1(NC(=O)C2(NC(=O)c3cc4ccc(-c5ccn6ncnc6c5)cc4o3)CCC(F)(F)CC2)CC1. The molecular weight excluding hydrogens is 482 g/mol. The minimum absolute atomic E-state index is 0.0361. The van der Waals surface area contributed by atoms with Gasteiger partial charge >= 0.3 is 0 Å². The minimum atomic E-state index is -2.91. The summed E-state index contributed by atoms with van der Waals surface area (Å²) in [6.07, 6.45) is 2.67. The molecule has 2 fully saturated rings. The van der Waals surface area contributed by atoms with Crippen molar-refractivity contribution in [2.24, 2.45) is 0 Å². The summed E-state index contributed by atoms with van der Waals surface area (Å²) in [5, 5.41) is 19.5. The molecule has 0 bridgehead atoms. The van der Waals surface area contributed by atoms with E-state index >= 15 is 0 Å². The molecule has 2 saturated carbocycles. The average molecular weight is 504 g/mol. The molecule has 188 valence electrons. The zero-order valence-electron chi connectivity index (χ0n) is 19.6. The molecule has 0 saturated heterocycles. The van der Waals surface area contributed by atoms with Gasteiger partial charge in [0.2, 0.25) is 11.8 Å². The normalized spacial score (nSPS) is 19.3. The molecule has 2 aliphatic carbocycles. The van der Waals surface area contributed by atoms with Gasteiger partial charge in [-0.25, -0.2) is 18.3 Å². The smallest absolute Gasteiger partial charge is 0.287 e. The maximum Gasteiger partial charge on any atom is 0.287 e. The highest BCUT2D eigenvalue weighted by Crippen LogP contribution is 2.41. The van der Waals surface area contributed by atoms with Crippen LogP contribution in [-0.4, -0.2) is 43.4 Å². The van der Waals surface area contributed by atoms with Gasteiger partial charge < -0.3 is 15.1 Å². The van der Waals surface area contributed by atoms with Crippen LogP contribution in [0.4, 0.5) is 8.78 Å². The van der Waals surface area contributed by atoms with Crippen molar-refractivity contribution in [3.8, 4) is 17.2 Å². The van der Waals surface area contributed by atoms with Gasteiger partial charge in [0.25, 0.3) is 5.91 Å². The van der Waals surface area contributed by atoms with Crippen LogP contribution in [0.3, 0.4) is 0 Å². The van der Waals surface area contributed by atoms with Gasteiger partial charge in [0.1, 0.15) is 23.0 Å². The number of carbonyl (C=O) groups excluding carboxylic acids is 2. The van der Waals surface area contributed by atoms with Crippen molar-refractivity contribution >= 4 is 28.4 Å². The van der Waals surface area contributed by atoms with Crippen LogP contribution in [0.1, 0.15) is 49.1 Å². The standard InChI is InChI=1S/C26H22F2N6O3/c27-26(28)8-6-25(7-9-26,23(36)33-24(14-29)4-5-24)32-22(35)20-12-18-2-1-16(11-19(18)37-20)17-3-10-34-21(13-17)30-15-31-34/h1-3,10-13,15H,4-9H2,(H,32,35)(H,33,36). The molecule has 6 rings (SSSR count). The van der Waals surface area contributed by atoms with Gasteiger partial charge in [0, 0.05) is 24.4 Å². The van der Waals surface area contributed by atoms with Crippen molar-refractivity contribution in [2.45, 2.75) is 55.5 Å². The van der Waals surface area contributed by atoms with Crippen LogP contribution < -0.4 is 10.6 Å². The lowest BCUT2D eigenvalue weighted by atomic mass is 9.78. The maximum atomic E-state index is 13.9. The molecule has 4 aromatic rings. The number of nitriles is 1. The van der Waals surface area contributed by atoms with Crippen molar-refractivity contribution in [1.82, 2.24) is 25.2 Å². The number of fused-ring (bicyclic) bond motifs is 2. The van der Waals surface area contributed by atoms with Gasteiger partial charge in [0.05, 0.1) is 6.07 Å². The van der Waals surface area contributed by atoms with E-state index in [1.807, 2.05) is 24.3 Å². The molecule has 1 aromatic carbocycles. The highest BCUT2D eigenvalue weighted by atomic mass is 19.3. The summed E-state index contributed by atoms with van der Waals surface area (Å²) in [5.74, 6) is -4.24. The van der Waals surface area contributed by atoms with Crippen molar-refractivity contribution in [3.63, 3.8) is 0 Å². The first-order chi connectivity index (χ1) is 17.7. The third kappa shape index (κ3) is 4.18. The number of hydrogen-bond donors (Lipinski definition) is 2. The van der Waals surface area contributed by atoms with Gasteiger partial charge in [-0.05, 0) is 61.1 Å². The molecule has 0 radical (unpaired) electrons. The van der Waals surface area contributed by atoms with Crippen LogP contribution in [0.25, 0.3) is 27.7 Å². The molecule has 2 amide bonds. The summed E-state index contributed by atoms with van der Waals surface area (Å²) in [5.41, 5.74) is 0.330. The lowest BCUT2D eigenvalue weighted by molar-refractivity contribution is -0.133. The van der Waals surface area contributed by atoms with Crippen LogP contribution in [0.2, 0.25) is 0 Å². The van der Waals surface area contributed by atoms with Crippen LogP contribution in [-0.2, 0) is 4.79 Å². The molecule has 0 aliphatic heterocycles. The van der Waals surface area contributed by atoms with Gasteiger partial charge in [-0.1, -0.05) is 12.1 Å². The van der Waals surface area contributed by atoms with Crippen LogP contribution in [0, 0.1) is 11.3 Å². The summed E-state index contributed by atoms with van der Waals surface area (Å²) >= 11 is 0. The van der Waals surface area contributed by atoms with E-state index in [0.717, 1.165) is 11.1 Å². The number of nitrogens with one attached hydrogen (secondary N) is 2. The second-order valence-corrected chi connectivity index (χ2v) is 9.88. The average Bonchev–Trinajstić information content (AvgIpc) is 3.29. The fourth-order valence-electron chi connectivity index (χ4n) is 4.77. The van der Waals surface area contributed by atoms with E-state index in [2.05, 4.69) is 26.8 Å². The van der Waals surface area contributed by atoms with E-state index in [4.69, 9.17) is 4.42 Å². The number of alkyl halides is 2. The van der Waals surface area contributed by atoms with E-state index < -0.39 is 41.7 Å². The molecule has 37 heavy (non-hydrogen) atoms. The highest BCUT2D eigenvalue weighted by Gasteiger charge is 2.53. The van der Waals surface area contributed by atoms with Crippen molar-refractivity contribution in [2.75, 3.05) is 0 Å². The van der Waals surface area contributed by atoms with Gasteiger partial charge in [-0.2, -0.15) is 10.4 Å². The van der Waals surface area contributed by atoms with Crippen LogP contribution >= 0.6 is 0 Å². The lowest BCUT2D eigenvalue weighted by Crippen LogP contribution is -2.62. The molecule has 9 nitrogen and oxygen atoms in total. The maximum absolute atomic E-state index is 13.9. The number of pyridine rings is 1. The first-order valence-electron chi connectivity index (χ1n) is 12.0. The van der Waals surface area contributed by atoms with Crippen molar-refractivity contribution in [1.29, 1.82) is 5.26 Å². The van der Waals surface area contributed by atoms with E-state index in [0.29, 0.717) is 29.5 Å². The third-order valence-corrected chi connectivity index (χ3v) is 7.30. The molecule has 11 heteroatoms. The Hall–Kier alpha value is -4.33. The Labute approximate surface area is 209 Å². The summed E-state index contributed by atoms with van der Waals surface area (Å²) in [4.78, 5) is 30.6. The molecule has 2 N–H and O–H groups in total. The molecule has 0 atom stereocenters. The quantitative estimate of drug-likeness (QED) is 0.423. The second kappa shape index (κ2) is 8.09. The Bertz CT molecular complexity index is 1590. The number of benzene rings is 1. The predicted molar refractivity (Wildman–Crippen MR) is 128 cm³/mol. The Morgan fingerprint density at radius 3 is 2.49 bits per heavy atom. The molecule has 3 aromatic heterocycles. The summed E-state index contributed by atoms with van der Waals surface area (Å²) < 4.78 is 35.4. The molecule has 0 unspecified atom stereocenters. The predicted octanol–water partition coefficient (Wildman–Crippen LogP) is 3.99. The minimum Gasteiger partial charge on any atom is -0.451 e. The Morgan fingerprint density at radius 1 is 1.00 bits per heavy atom. The largest absolute Gasteiger partial charge is 0.451 e. The number of rotatable bonds is 5. The monoisotopic (exact) mass is 504 g/mol. The third-order valence-electron chi connectivity index (χ3n) is 7.30. The molecular formula is C26H22F2N6O3. The Morgan fingerprint density at radius 2 is 1.76 bits per heavy atom. The molecule has 2 aliphatic rings. The lowest BCUT2D eigenvalue weighted by Gasteiger charge is -2.39. The first-order valence-corrected chi connectivity index (χ1v) is 12.0. The molecule has 3 heterocycles. The molecule has 0 spiro atoms. The second-order valence-electron chi connectivity index (χ2n) is 9.88. The number of amides is 2. The number of aromatic nitrogens is 3. The van der Waals surface area contributed by atoms with Gasteiger partial charge in [-0.3, -0.25) is 9.59 Å². The number of carbonyl (C=O) groups is 2. The Balaban J connectivity index is 1.27. The van der Waals surface area contributed by atoms with E-state index in [9.17, 15) is 23.6 Å². The summed E-state index contributed by atoms with van der Waals surface area (Å²) in [6, 6.07) is 12.9. The van der Waals surface area contributed by atoms with Gasteiger partial charge in [-0.15, -0.1) is 0 Å².